The molecule has 0 aliphatic heterocycles. The third kappa shape index (κ3) is 5.57. The highest BCUT2D eigenvalue weighted by Crippen LogP contribution is 2.23. The first kappa shape index (κ1) is 21.6. The summed E-state index contributed by atoms with van der Waals surface area (Å²) in [6.45, 7) is 0. The van der Waals surface area contributed by atoms with Gasteiger partial charge in [-0.05, 0) is 84.3 Å². The summed E-state index contributed by atoms with van der Waals surface area (Å²) in [7, 11) is 0. The summed E-state index contributed by atoms with van der Waals surface area (Å²) in [6.07, 6.45) is 7.95. The molecule has 0 radical (unpaired) electrons. The fourth-order valence-corrected chi connectivity index (χ4v) is 3.20. The Bertz CT molecular complexity index is 1250. The van der Waals surface area contributed by atoms with Gasteiger partial charge in [-0.3, -0.25) is 0 Å². The molecule has 0 unspecified atom stereocenters. The molecule has 0 saturated heterocycles. The van der Waals surface area contributed by atoms with Crippen molar-refractivity contribution in [1.82, 2.24) is 0 Å². The third-order valence-electron chi connectivity index (χ3n) is 4.99. The largest absolute Gasteiger partial charge is 0.423 e. The highest BCUT2D eigenvalue weighted by atomic mass is 16.5. The van der Waals surface area contributed by atoms with Crippen molar-refractivity contribution in [2.24, 2.45) is 0 Å². The van der Waals surface area contributed by atoms with E-state index in [-0.39, 0.29) is 0 Å². The molecule has 4 N–H and O–H groups in total. The van der Waals surface area contributed by atoms with Crippen LogP contribution in [0.15, 0.2) is 103 Å². The zero-order valence-electron chi connectivity index (χ0n) is 17.7. The highest BCUT2D eigenvalue weighted by Gasteiger charge is 2.13. The molecular weight excluding hydrogens is 416 g/mol. The molecular formula is C27H22N2O4. The molecule has 0 heterocycles. The van der Waals surface area contributed by atoms with Crippen LogP contribution >= 0.6 is 0 Å². The lowest BCUT2D eigenvalue weighted by atomic mass is 10.0. The quantitative estimate of drug-likeness (QED) is 0.332. The van der Waals surface area contributed by atoms with Gasteiger partial charge < -0.3 is 20.9 Å². The van der Waals surface area contributed by atoms with Gasteiger partial charge in [-0.15, -0.1) is 0 Å². The van der Waals surface area contributed by atoms with E-state index >= 15 is 0 Å². The van der Waals surface area contributed by atoms with Crippen LogP contribution in [0.2, 0.25) is 0 Å². The monoisotopic (exact) mass is 438 g/mol. The van der Waals surface area contributed by atoms with Gasteiger partial charge in [0.2, 0.25) is 0 Å². The Labute approximate surface area is 191 Å². The van der Waals surface area contributed by atoms with Gasteiger partial charge in [0.05, 0.1) is 11.1 Å². The van der Waals surface area contributed by atoms with E-state index in [1.807, 2.05) is 30.4 Å². The number of esters is 2. The van der Waals surface area contributed by atoms with Gasteiger partial charge in [-0.1, -0.05) is 30.4 Å². The van der Waals surface area contributed by atoms with Crippen LogP contribution in [0.4, 0.5) is 11.4 Å². The second-order valence-corrected chi connectivity index (χ2v) is 7.38. The van der Waals surface area contributed by atoms with Crippen LogP contribution in [0.25, 0.3) is 5.57 Å². The Kier molecular flexibility index (Phi) is 6.36. The lowest BCUT2D eigenvalue weighted by molar-refractivity contribution is -0.129. The van der Waals surface area contributed by atoms with Crippen molar-refractivity contribution in [3.05, 3.63) is 114 Å². The predicted octanol–water partition coefficient (Wildman–Crippen LogP) is 4.95. The molecule has 33 heavy (non-hydrogen) atoms. The molecule has 3 aromatic rings. The highest BCUT2D eigenvalue weighted by molar-refractivity contribution is 5.95. The normalized spacial score (nSPS) is 12.8. The maximum atomic E-state index is 12.5. The Morgan fingerprint density at radius 1 is 0.636 bits per heavy atom. The summed E-state index contributed by atoms with van der Waals surface area (Å²) in [4.78, 5) is 24.9. The van der Waals surface area contributed by atoms with Crippen LogP contribution in [0.3, 0.4) is 0 Å². The molecule has 0 saturated carbocycles. The van der Waals surface area contributed by atoms with E-state index in [1.54, 1.807) is 66.7 Å². The smallest absolute Gasteiger partial charge is 0.343 e. The van der Waals surface area contributed by atoms with Gasteiger partial charge in [0.15, 0.2) is 0 Å². The Balaban J connectivity index is 1.39. The fourth-order valence-electron chi connectivity index (χ4n) is 3.20. The number of anilines is 2. The van der Waals surface area contributed by atoms with Crippen molar-refractivity contribution in [2.75, 3.05) is 11.5 Å². The molecule has 0 bridgehead atoms. The summed E-state index contributed by atoms with van der Waals surface area (Å²) < 4.78 is 10.8. The van der Waals surface area contributed by atoms with Crippen LogP contribution < -0.4 is 20.9 Å². The Morgan fingerprint density at radius 3 is 1.76 bits per heavy atom. The fraction of sp³-hybridized carbons (Fsp3) is 0.0370. The summed E-state index contributed by atoms with van der Waals surface area (Å²) in [5.74, 6) is -0.0305. The van der Waals surface area contributed by atoms with Gasteiger partial charge in [-0.2, -0.15) is 0 Å². The van der Waals surface area contributed by atoms with E-state index in [0.717, 1.165) is 11.1 Å². The summed E-state index contributed by atoms with van der Waals surface area (Å²) >= 11 is 0. The van der Waals surface area contributed by atoms with Crippen LogP contribution in [-0.2, 0) is 4.79 Å². The molecule has 1 aliphatic rings. The standard InChI is InChI=1S/C27H22N2O4/c28-22-10-14-24(15-11-22)32-26(30)20-3-1-2-18(4-7-20)19-5-8-21(9-6-19)27(31)33-25-16-12-23(29)13-17-25/h2-17H,1,28-29H2. The van der Waals surface area contributed by atoms with Crippen molar-refractivity contribution in [2.45, 2.75) is 6.42 Å². The first-order valence-electron chi connectivity index (χ1n) is 10.3. The lowest BCUT2D eigenvalue weighted by Crippen LogP contribution is -2.09. The summed E-state index contributed by atoms with van der Waals surface area (Å²) in [6, 6.07) is 20.4. The zero-order chi connectivity index (χ0) is 23.2. The first-order chi connectivity index (χ1) is 16.0. The number of carbonyl (C=O) groups excluding carboxylic acids is 2. The molecule has 3 aromatic carbocycles. The molecule has 0 aromatic heterocycles. The van der Waals surface area contributed by atoms with Crippen molar-refractivity contribution in [3.63, 3.8) is 0 Å². The second-order valence-electron chi connectivity index (χ2n) is 7.38. The van der Waals surface area contributed by atoms with Crippen molar-refractivity contribution in [3.8, 4) is 11.5 Å². The van der Waals surface area contributed by atoms with Crippen molar-refractivity contribution >= 4 is 28.9 Å². The maximum absolute atomic E-state index is 12.5. The third-order valence-corrected chi connectivity index (χ3v) is 4.99. The molecule has 0 fully saturated rings. The van der Waals surface area contributed by atoms with Crippen LogP contribution in [0, 0.1) is 0 Å². The maximum Gasteiger partial charge on any atom is 0.343 e. The van der Waals surface area contributed by atoms with Gasteiger partial charge in [-0.25, -0.2) is 9.59 Å². The van der Waals surface area contributed by atoms with Crippen molar-refractivity contribution < 1.29 is 19.1 Å². The molecule has 164 valence electrons. The molecule has 0 amide bonds. The number of rotatable bonds is 5. The van der Waals surface area contributed by atoms with E-state index in [2.05, 4.69) is 0 Å². The van der Waals surface area contributed by atoms with Gasteiger partial charge in [0.25, 0.3) is 0 Å². The average Bonchev–Trinajstić information content (AvgIpc) is 3.09. The average molecular weight is 438 g/mol. The molecule has 0 atom stereocenters. The van der Waals surface area contributed by atoms with Crippen molar-refractivity contribution in [1.29, 1.82) is 0 Å². The lowest BCUT2D eigenvalue weighted by Gasteiger charge is -2.07. The first-order valence-corrected chi connectivity index (χ1v) is 10.3. The topological polar surface area (TPSA) is 105 Å². The Hall–Kier alpha value is -4.58. The number of nitrogens with two attached hydrogens (primary N) is 2. The second kappa shape index (κ2) is 9.70. The van der Waals surface area contributed by atoms with Gasteiger partial charge in [0, 0.05) is 11.4 Å². The minimum Gasteiger partial charge on any atom is -0.423 e. The van der Waals surface area contributed by atoms with E-state index in [0.29, 0.717) is 40.4 Å². The predicted molar refractivity (Wildman–Crippen MR) is 129 cm³/mol. The number of allylic oxidation sites excluding steroid dienone is 4. The molecule has 6 heteroatoms. The summed E-state index contributed by atoms with van der Waals surface area (Å²) in [5.41, 5.74) is 15.2. The van der Waals surface area contributed by atoms with Gasteiger partial charge >= 0.3 is 11.9 Å². The van der Waals surface area contributed by atoms with E-state index in [9.17, 15) is 9.59 Å². The molecule has 4 rings (SSSR count). The Morgan fingerprint density at radius 2 is 1.18 bits per heavy atom. The number of hydrogen-bond acceptors (Lipinski definition) is 6. The number of hydrogen-bond donors (Lipinski definition) is 2. The number of nitrogen functional groups attached to an aromatic ring is 2. The number of benzene rings is 3. The van der Waals surface area contributed by atoms with Crippen LogP contribution in [0.1, 0.15) is 22.3 Å². The zero-order valence-corrected chi connectivity index (χ0v) is 17.7. The van der Waals surface area contributed by atoms with E-state index < -0.39 is 11.9 Å². The SMILES string of the molecule is Nc1ccc(OC(=O)C2=CCC=C(c3ccc(C(=O)Oc4ccc(N)cc4)cc3)C=C2)cc1. The number of ether oxygens (including phenoxy) is 2. The van der Waals surface area contributed by atoms with E-state index in [1.165, 1.54) is 0 Å². The minimum absolute atomic E-state index is 0.428. The van der Waals surface area contributed by atoms with Crippen LogP contribution in [0.5, 0.6) is 11.5 Å². The number of carbonyl (C=O) groups is 2. The molecule has 6 nitrogen and oxygen atoms in total. The van der Waals surface area contributed by atoms with Crippen LogP contribution in [-0.4, -0.2) is 11.9 Å². The van der Waals surface area contributed by atoms with Gasteiger partial charge in [0.1, 0.15) is 11.5 Å². The minimum atomic E-state index is -0.453. The molecule has 1 aliphatic carbocycles. The van der Waals surface area contributed by atoms with E-state index in [4.69, 9.17) is 20.9 Å². The molecule has 0 spiro atoms. The summed E-state index contributed by atoms with van der Waals surface area (Å²) in [5, 5.41) is 0.